The fourth-order valence-electron chi connectivity index (χ4n) is 5.40. The third-order valence-electron chi connectivity index (χ3n) is 7.44. The number of benzene rings is 1. The molecule has 182 valence electrons. The molecule has 4 atom stereocenters. The van der Waals surface area contributed by atoms with Gasteiger partial charge in [-0.2, -0.15) is 4.39 Å². The third kappa shape index (κ3) is 3.95. The Balaban J connectivity index is 1.27. The zero-order valence-corrected chi connectivity index (χ0v) is 19.2. The molecule has 6 rings (SSSR count). The predicted octanol–water partition coefficient (Wildman–Crippen LogP) is 2.95. The Bertz CT molecular complexity index is 1330. The highest BCUT2D eigenvalue weighted by molar-refractivity contribution is 5.72. The molecule has 2 bridgehead atoms. The van der Waals surface area contributed by atoms with Crippen LogP contribution in [0.25, 0.3) is 22.5 Å². The van der Waals surface area contributed by atoms with Crippen molar-refractivity contribution in [2.24, 2.45) is 7.05 Å². The van der Waals surface area contributed by atoms with Crippen LogP contribution in [0.4, 0.5) is 14.6 Å². The molecule has 4 heterocycles. The lowest BCUT2D eigenvalue weighted by Crippen LogP contribution is -2.57. The molecule has 1 aliphatic carbocycles. The summed E-state index contributed by atoms with van der Waals surface area (Å²) in [5.41, 5.74) is 0.725. The molecule has 10 heteroatoms. The molecule has 2 aromatic heterocycles. The van der Waals surface area contributed by atoms with E-state index in [4.69, 9.17) is 0 Å². The van der Waals surface area contributed by atoms with Crippen molar-refractivity contribution < 1.29 is 13.9 Å². The van der Waals surface area contributed by atoms with Crippen molar-refractivity contribution in [2.75, 3.05) is 4.90 Å². The molecule has 8 nitrogen and oxygen atoms in total. The van der Waals surface area contributed by atoms with Gasteiger partial charge in [0.15, 0.2) is 17.6 Å². The fourth-order valence-corrected chi connectivity index (χ4v) is 5.40. The minimum Gasteiger partial charge on any atom is -0.507 e. The van der Waals surface area contributed by atoms with E-state index in [1.165, 1.54) is 25.2 Å². The first-order chi connectivity index (χ1) is 16.9. The predicted molar refractivity (Wildman–Crippen MR) is 126 cm³/mol. The first-order valence-corrected chi connectivity index (χ1v) is 12.0. The van der Waals surface area contributed by atoms with Gasteiger partial charge in [0.25, 0.3) is 5.56 Å². The molecule has 2 N–H and O–H groups in total. The Hall–Kier alpha value is -3.40. The zero-order chi connectivity index (χ0) is 24.3. The maximum atomic E-state index is 15.3. The smallest absolute Gasteiger partial charge is 0.253 e. The number of rotatable bonds is 5. The number of phenolic OH excluding ortho intramolecular Hbond substituents is 1. The van der Waals surface area contributed by atoms with Crippen LogP contribution >= 0.6 is 0 Å². The van der Waals surface area contributed by atoms with E-state index < -0.39 is 17.7 Å². The highest BCUT2D eigenvalue weighted by atomic mass is 19.1. The van der Waals surface area contributed by atoms with Crippen molar-refractivity contribution in [3.05, 3.63) is 52.8 Å². The molecule has 3 aliphatic rings. The molecular weight excluding hydrogens is 454 g/mol. The van der Waals surface area contributed by atoms with Crippen LogP contribution in [0.2, 0.25) is 0 Å². The van der Waals surface area contributed by atoms with Crippen LogP contribution in [0.5, 0.6) is 5.75 Å². The van der Waals surface area contributed by atoms with Crippen molar-refractivity contribution in [1.82, 2.24) is 25.1 Å². The van der Waals surface area contributed by atoms with E-state index in [0.29, 0.717) is 28.6 Å². The number of nitrogens with zero attached hydrogens (tertiary/aromatic N) is 5. The van der Waals surface area contributed by atoms with Crippen molar-refractivity contribution in [3.63, 3.8) is 0 Å². The molecular formula is C25H26F2N6O2. The minimum absolute atomic E-state index is 0.103. The molecule has 2 aliphatic heterocycles. The number of piperidine rings is 1. The van der Waals surface area contributed by atoms with Crippen molar-refractivity contribution in [2.45, 2.75) is 62.4 Å². The third-order valence-corrected chi connectivity index (χ3v) is 7.44. The quantitative estimate of drug-likeness (QED) is 0.542. The van der Waals surface area contributed by atoms with Gasteiger partial charge in [0.05, 0.1) is 17.8 Å². The Morgan fingerprint density at radius 2 is 1.94 bits per heavy atom. The van der Waals surface area contributed by atoms with Crippen LogP contribution in [0.1, 0.15) is 32.1 Å². The number of pyridine rings is 1. The lowest BCUT2D eigenvalue weighted by atomic mass is 9.96. The summed E-state index contributed by atoms with van der Waals surface area (Å²) >= 11 is 0. The van der Waals surface area contributed by atoms with Gasteiger partial charge in [-0.25, -0.2) is 9.37 Å². The fraction of sp³-hybridized carbons (Fsp3) is 0.440. The molecule has 3 aromatic rings. The average Bonchev–Trinajstić information content (AvgIpc) is 3.60. The Morgan fingerprint density at radius 3 is 2.63 bits per heavy atom. The van der Waals surface area contributed by atoms with Crippen LogP contribution in [0, 0.1) is 5.95 Å². The van der Waals surface area contributed by atoms with E-state index in [9.17, 15) is 14.3 Å². The number of aromatic hydroxyl groups is 1. The highest BCUT2D eigenvalue weighted by Crippen LogP contribution is 2.40. The van der Waals surface area contributed by atoms with Gasteiger partial charge in [-0.3, -0.25) is 9.36 Å². The van der Waals surface area contributed by atoms with Gasteiger partial charge in [0.1, 0.15) is 11.9 Å². The molecule has 35 heavy (non-hydrogen) atoms. The molecule has 0 amide bonds. The minimum atomic E-state index is -0.966. The van der Waals surface area contributed by atoms with E-state index >= 15 is 4.39 Å². The molecule has 1 saturated carbocycles. The first-order valence-electron chi connectivity index (χ1n) is 12.0. The summed E-state index contributed by atoms with van der Waals surface area (Å²) in [5.74, 6) is -0.00425. The van der Waals surface area contributed by atoms with Gasteiger partial charge in [0.2, 0.25) is 0 Å². The average molecular weight is 481 g/mol. The second-order valence-corrected chi connectivity index (χ2v) is 9.77. The largest absolute Gasteiger partial charge is 0.507 e. The second-order valence-electron chi connectivity index (χ2n) is 9.77. The maximum Gasteiger partial charge on any atom is 0.253 e. The molecule has 0 spiro atoms. The van der Waals surface area contributed by atoms with Crippen molar-refractivity contribution in [1.29, 1.82) is 0 Å². The number of aromatic nitrogens is 4. The van der Waals surface area contributed by atoms with Crippen LogP contribution in [-0.2, 0) is 7.05 Å². The standard InChI is InChI=1S/C25H26F2N6O2/c1-32-21(26)9-14(10-23(32)35)13-2-6-17(20(34)8-13)25-28-12-22(30-31-25)33(16-4-5-16)19-11-15-3-7-18(29-15)24(19)27/h2,6,8-10,12,15-16,18-19,24,29,34H,3-5,7,11H2,1H3/t15-,18+,19+,24-/m1/s1. The SMILES string of the molecule is Cn1c(F)cc(-c2ccc(-c3ncc(N(C4CC4)[C@H]4C[C@H]5CC[C@H](N5)[C@H]4F)nn3)c(O)c2)cc1=O. The number of phenols is 1. The zero-order valence-electron chi connectivity index (χ0n) is 19.2. The van der Waals surface area contributed by atoms with Crippen LogP contribution < -0.4 is 15.8 Å². The summed E-state index contributed by atoms with van der Waals surface area (Å²) in [6, 6.07) is 7.51. The number of anilines is 1. The summed E-state index contributed by atoms with van der Waals surface area (Å²) in [4.78, 5) is 18.4. The number of fused-ring (bicyclic) bond motifs is 2. The van der Waals surface area contributed by atoms with Gasteiger partial charge in [-0.1, -0.05) is 6.07 Å². The monoisotopic (exact) mass is 480 g/mol. The number of hydrogen-bond acceptors (Lipinski definition) is 7. The second kappa shape index (κ2) is 8.37. The van der Waals surface area contributed by atoms with Crippen molar-refractivity contribution >= 4 is 5.82 Å². The Morgan fingerprint density at radius 1 is 1.11 bits per heavy atom. The topological polar surface area (TPSA) is 96.2 Å². The van der Waals surface area contributed by atoms with Gasteiger partial charge < -0.3 is 15.3 Å². The Kier molecular flexibility index (Phi) is 5.28. The Labute approximate surface area is 200 Å². The maximum absolute atomic E-state index is 15.3. The van der Waals surface area contributed by atoms with Crippen LogP contribution in [-0.4, -0.2) is 55.2 Å². The number of hydrogen-bond donors (Lipinski definition) is 2. The summed E-state index contributed by atoms with van der Waals surface area (Å²) in [6.07, 6.45) is 5.24. The summed E-state index contributed by atoms with van der Waals surface area (Å²) in [5, 5.41) is 22.6. The van der Waals surface area contributed by atoms with Gasteiger partial charge >= 0.3 is 0 Å². The number of halogens is 2. The number of nitrogens with one attached hydrogen (secondary N) is 1. The molecule has 1 aromatic carbocycles. The summed E-state index contributed by atoms with van der Waals surface area (Å²) < 4.78 is 30.1. The van der Waals surface area contributed by atoms with E-state index in [1.54, 1.807) is 18.3 Å². The molecule has 0 radical (unpaired) electrons. The van der Waals surface area contributed by atoms with E-state index in [1.807, 2.05) is 0 Å². The van der Waals surface area contributed by atoms with Gasteiger partial charge in [-0.15, -0.1) is 10.2 Å². The van der Waals surface area contributed by atoms with E-state index in [-0.39, 0.29) is 29.7 Å². The van der Waals surface area contributed by atoms with Crippen molar-refractivity contribution in [3.8, 4) is 28.3 Å². The summed E-state index contributed by atoms with van der Waals surface area (Å²) in [7, 11) is 1.35. The molecule has 0 unspecified atom stereocenters. The van der Waals surface area contributed by atoms with Crippen LogP contribution in [0.3, 0.4) is 0 Å². The molecule has 2 saturated heterocycles. The normalized spacial score (nSPS) is 25.6. The van der Waals surface area contributed by atoms with Crippen LogP contribution in [0.15, 0.2) is 41.3 Å². The van der Waals surface area contributed by atoms with Gasteiger partial charge in [0, 0.05) is 31.2 Å². The van der Waals surface area contributed by atoms with E-state index in [2.05, 4.69) is 25.4 Å². The van der Waals surface area contributed by atoms with Gasteiger partial charge in [-0.05, 0) is 61.4 Å². The van der Waals surface area contributed by atoms with E-state index in [0.717, 1.165) is 36.7 Å². The lowest BCUT2D eigenvalue weighted by molar-refractivity contribution is 0.171. The lowest BCUT2D eigenvalue weighted by Gasteiger charge is -2.40. The first kappa shape index (κ1) is 22.1. The number of alkyl halides is 1. The molecule has 3 fully saturated rings. The highest BCUT2D eigenvalue weighted by Gasteiger charge is 2.48. The summed E-state index contributed by atoms with van der Waals surface area (Å²) in [6.45, 7) is 0.